The molecule has 0 spiro atoms. The molecule has 5 heteroatoms. The van der Waals surface area contributed by atoms with E-state index < -0.39 is 0 Å². The van der Waals surface area contributed by atoms with Gasteiger partial charge in [-0.05, 0) is 24.6 Å². The lowest BCUT2D eigenvalue weighted by atomic mass is 10.2. The first-order valence-electron chi connectivity index (χ1n) is 6.85. The van der Waals surface area contributed by atoms with Gasteiger partial charge in [0.2, 0.25) is 0 Å². The summed E-state index contributed by atoms with van der Waals surface area (Å²) in [5.74, 6) is 4.07. The first-order valence-corrected chi connectivity index (χ1v) is 8.39. The largest absolute Gasteiger partial charge is 0.355 e. The van der Waals surface area contributed by atoms with Crippen LogP contribution in [0.25, 0.3) is 0 Å². The Hall–Kier alpha value is -0.450. The first kappa shape index (κ1) is 14.9. The van der Waals surface area contributed by atoms with Crippen molar-refractivity contribution in [3.8, 4) is 0 Å². The lowest BCUT2D eigenvalue weighted by molar-refractivity contribution is 0.548. The van der Waals surface area contributed by atoms with E-state index in [-0.39, 0.29) is 0 Å². The number of pyridine rings is 1. The van der Waals surface area contributed by atoms with E-state index in [0.717, 1.165) is 42.7 Å². The zero-order chi connectivity index (χ0) is 13.7. The molecule has 1 aromatic heterocycles. The van der Waals surface area contributed by atoms with Gasteiger partial charge in [-0.2, -0.15) is 11.8 Å². The Bertz CT molecular complexity index is 406. The van der Waals surface area contributed by atoms with Crippen molar-refractivity contribution in [3.05, 3.63) is 22.8 Å². The van der Waals surface area contributed by atoms with E-state index in [4.69, 9.17) is 16.6 Å². The van der Waals surface area contributed by atoms with Gasteiger partial charge in [0.25, 0.3) is 0 Å². The topological polar surface area (TPSA) is 28.2 Å². The quantitative estimate of drug-likeness (QED) is 0.904. The lowest BCUT2D eigenvalue weighted by Crippen LogP contribution is -2.33. The number of anilines is 1. The van der Waals surface area contributed by atoms with Gasteiger partial charge in [0.05, 0.1) is 10.7 Å². The standard InChI is InChI=1S/C14H22ClN3S/c1-11(2)9-16-10-13-12(15)3-4-14(17-13)18-5-7-19-8-6-18/h3-4,11,16H,5-10H2,1-2H3. The highest BCUT2D eigenvalue weighted by molar-refractivity contribution is 7.99. The van der Waals surface area contributed by atoms with Crippen molar-refractivity contribution < 1.29 is 0 Å². The van der Waals surface area contributed by atoms with E-state index in [2.05, 4.69) is 24.1 Å². The number of halogens is 1. The third kappa shape index (κ3) is 4.55. The zero-order valence-electron chi connectivity index (χ0n) is 11.7. The minimum Gasteiger partial charge on any atom is -0.355 e. The van der Waals surface area contributed by atoms with E-state index >= 15 is 0 Å². The molecule has 106 valence electrons. The Balaban J connectivity index is 2.01. The van der Waals surface area contributed by atoms with Gasteiger partial charge in [0.1, 0.15) is 5.82 Å². The van der Waals surface area contributed by atoms with Gasteiger partial charge in [-0.25, -0.2) is 4.98 Å². The molecule has 3 nitrogen and oxygen atoms in total. The van der Waals surface area contributed by atoms with Crippen LogP contribution in [0, 0.1) is 5.92 Å². The van der Waals surface area contributed by atoms with Crippen molar-refractivity contribution in [2.24, 2.45) is 5.92 Å². The summed E-state index contributed by atoms with van der Waals surface area (Å²) in [4.78, 5) is 7.06. The molecule has 1 N–H and O–H groups in total. The van der Waals surface area contributed by atoms with Gasteiger partial charge in [-0.3, -0.25) is 0 Å². The number of nitrogens with one attached hydrogen (secondary N) is 1. The van der Waals surface area contributed by atoms with E-state index in [1.54, 1.807) is 0 Å². The van der Waals surface area contributed by atoms with Gasteiger partial charge in [0.15, 0.2) is 0 Å². The second-order valence-corrected chi connectivity index (χ2v) is 6.85. The molecule has 0 amide bonds. The molecule has 1 aromatic rings. The highest BCUT2D eigenvalue weighted by atomic mass is 35.5. The van der Waals surface area contributed by atoms with Crippen LogP contribution in [0.2, 0.25) is 5.02 Å². The molecule has 1 aliphatic rings. The fourth-order valence-electron chi connectivity index (χ4n) is 2.04. The van der Waals surface area contributed by atoms with Crippen LogP contribution in [0.3, 0.4) is 0 Å². The zero-order valence-corrected chi connectivity index (χ0v) is 13.2. The SMILES string of the molecule is CC(C)CNCc1nc(N2CCSCC2)ccc1Cl. The van der Waals surface area contributed by atoms with Gasteiger partial charge in [-0.1, -0.05) is 25.4 Å². The molecule has 0 aromatic carbocycles. The molecule has 19 heavy (non-hydrogen) atoms. The minimum absolute atomic E-state index is 0.640. The van der Waals surface area contributed by atoms with E-state index in [9.17, 15) is 0 Å². The average Bonchev–Trinajstić information content (AvgIpc) is 2.41. The number of rotatable bonds is 5. The van der Waals surface area contributed by atoms with Gasteiger partial charge in [-0.15, -0.1) is 0 Å². The third-order valence-electron chi connectivity index (χ3n) is 3.08. The predicted octanol–water partition coefficient (Wildman–Crippen LogP) is 3.03. The van der Waals surface area contributed by atoms with Crippen LogP contribution < -0.4 is 10.2 Å². The molecule has 0 radical (unpaired) electrons. The van der Waals surface area contributed by atoms with Gasteiger partial charge in [0, 0.05) is 31.1 Å². The Morgan fingerprint density at radius 3 is 2.79 bits per heavy atom. The summed E-state index contributed by atoms with van der Waals surface area (Å²) >= 11 is 8.24. The normalized spacial score (nSPS) is 16.1. The highest BCUT2D eigenvalue weighted by Gasteiger charge is 2.13. The number of hydrogen-bond donors (Lipinski definition) is 1. The molecule has 1 aliphatic heterocycles. The highest BCUT2D eigenvalue weighted by Crippen LogP contribution is 2.21. The number of aromatic nitrogens is 1. The third-order valence-corrected chi connectivity index (χ3v) is 4.37. The van der Waals surface area contributed by atoms with E-state index in [0.29, 0.717) is 5.92 Å². The van der Waals surface area contributed by atoms with E-state index in [1.165, 1.54) is 11.5 Å². The van der Waals surface area contributed by atoms with Gasteiger partial charge < -0.3 is 10.2 Å². The summed E-state index contributed by atoms with van der Waals surface area (Å²) in [6.07, 6.45) is 0. The molecule has 1 fully saturated rings. The first-order chi connectivity index (χ1) is 9.16. The van der Waals surface area contributed by atoms with Crippen LogP contribution >= 0.6 is 23.4 Å². The molecule has 0 saturated carbocycles. The smallest absolute Gasteiger partial charge is 0.129 e. The molecule has 0 bridgehead atoms. The van der Waals surface area contributed by atoms with Crippen molar-refractivity contribution in [1.82, 2.24) is 10.3 Å². The maximum absolute atomic E-state index is 6.23. The molecule has 2 rings (SSSR count). The fourth-order valence-corrected chi connectivity index (χ4v) is 3.12. The summed E-state index contributed by atoms with van der Waals surface area (Å²) in [6.45, 7) is 8.29. The maximum atomic E-state index is 6.23. The van der Waals surface area contributed by atoms with Crippen molar-refractivity contribution in [3.63, 3.8) is 0 Å². The van der Waals surface area contributed by atoms with Crippen LogP contribution in [0.15, 0.2) is 12.1 Å². The molecule has 0 unspecified atom stereocenters. The second-order valence-electron chi connectivity index (χ2n) is 5.22. The summed E-state index contributed by atoms with van der Waals surface area (Å²) in [5, 5.41) is 4.16. The van der Waals surface area contributed by atoms with E-state index in [1.807, 2.05) is 23.9 Å². The molecular formula is C14H22ClN3S. The van der Waals surface area contributed by atoms with Gasteiger partial charge >= 0.3 is 0 Å². The van der Waals surface area contributed by atoms with Crippen LogP contribution in [0.5, 0.6) is 0 Å². The predicted molar refractivity (Wildman–Crippen MR) is 85.3 cm³/mol. The second kappa shape index (κ2) is 7.36. The average molecular weight is 300 g/mol. The monoisotopic (exact) mass is 299 g/mol. The van der Waals surface area contributed by atoms with Crippen LogP contribution in [-0.4, -0.2) is 36.1 Å². The number of nitrogens with zero attached hydrogens (tertiary/aromatic N) is 2. The lowest BCUT2D eigenvalue weighted by Gasteiger charge is -2.27. The van der Waals surface area contributed by atoms with Crippen molar-refractivity contribution in [1.29, 1.82) is 0 Å². The molecule has 1 saturated heterocycles. The van der Waals surface area contributed by atoms with Crippen LogP contribution in [0.4, 0.5) is 5.82 Å². The summed E-state index contributed by atoms with van der Waals surface area (Å²) < 4.78 is 0. The molecular weight excluding hydrogens is 278 g/mol. The number of thioether (sulfide) groups is 1. The summed E-state index contributed by atoms with van der Waals surface area (Å²) in [5.41, 5.74) is 0.957. The summed E-state index contributed by atoms with van der Waals surface area (Å²) in [6, 6.07) is 4.00. The minimum atomic E-state index is 0.640. The Labute approximate surface area is 125 Å². The van der Waals surface area contributed by atoms with Crippen molar-refractivity contribution in [2.75, 3.05) is 36.0 Å². The molecule has 0 aliphatic carbocycles. The van der Waals surface area contributed by atoms with Crippen molar-refractivity contribution in [2.45, 2.75) is 20.4 Å². The van der Waals surface area contributed by atoms with Crippen LogP contribution in [-0.2, 0) is 6.54 Å². The van der Waals surface area contributed by atoms with Crippen molar-refractivity contribution >= 4 is 29.2 Å². The Kier molecular flexibility index (Phi) is 5.79. The summed E-state index contributed by atoms with van der Waals surface area (Å²) in [7, 11) is 0. The molecule has 2 heterocycles. The Morgan fingerprint density at radius 2 is 2.11 bits per heavy atom. The van der Waals surface area contributed by atoms with Crippen LogP contribution in [0.1, 0.15) is 19.5 Å². The fraction of sp³-hybridized carbons (Fsp3) is 0.643. The number of hydrogen-bond acceptors (Lipinski definition) is 4. The Morgan fingerprint density at radius 1 is 1.37 bits per heavy atom. The maximum Gasteiger partial charge on any atom is 0.129 e. The molecule has 0 atom stereocenters.